The molecule has 0 N–H and O–H groups in total. The van der Waals surface area contributed by atoms with Crippen LogP contribution in [0.25, 0.3) is 10.8 Å². The Balaban J connectivity index is 1.50. The van der Waals surface area contributed by atoms with Crippen LogP contribution >= 0.6 is 0 Å². The molecule has 0 unspecified atom stereocenters. The Morgan fingerprint density at radius 1 is 1.07 bits per heavy atom. The highest BCUT2D eigenvalue weighted by molar-refractivity contribution is 6.08. The maximum absolute atomic E-state index is 12.9. The predicted octanol–water partition coefficient (Wildman–Crippen LogP) is 3.77. The smallest absolute Gasteiger partial charge is 0.254 e. The van der Waals surface area contributed by atoms with Crippen molar-refractivity contribution in [1.82, 2.24) is 5.01 Å². The molecule has 2 fully saturated rings. The molecule has 5 heteroatoms. The SMILES string of the molecule is CCCOc1ccc2ccccc2c1/C=N\N1C(=O)[C@@H]2[C@H](C1=O)[C@@H]1C=C[C@@H]2C1. The fraction of sp³-hybridized carbons (Fsp3) is 0.348. The molecule has 0 spiro atoms. The van der Waals surface area contributed by atoms with Crippen molar-refractivity contribution < 1.29 is 14.3 Å². The molecule has 1 saturated carbocycles. The molecule has 142 valence electrons. The third-order valence-electron chi connectivity index (χ3n) is 6.14. The molecule has 2 aliphatic carbocycles. The average molecular weight is 374 g/mol. The number of benzene rings is 2. The number of carbonyl (C=O) groups is 2. The maximum atomic E-state index is 12.9. The number of rotatable bonds is 5. The third kappa shape index (κ3) is 2.49. The number of hydrogen-bond acceptors (Lipinski definition) is 4. The second-order valence-electron chi connectivity index (χ2n) is 7.78. The first-order valence-electron chi connectivity index (χ1n) is 9.93. The Bertz CT molecular complexity index is 996. The van der Waals surface area contributed by atoms with E-state index < -0.39 is 0 Å². The first-order chi connectivity index (χ1) is 13.7. The summed E-state index contributed by atoms with van der Waals surface area (Å²) in [6.45, 7) is 2.65. The minimum Gasteiger partial charge on any atom is -0.493 e. The van der Waals surface area contributed by atoms with Crippen LogP contribution in [0.4, 0.5) is 0 Å². The number of hydrazone groups is 1. The molecule has 4 atom stereocenters. The van der Waals surface area contributed by atoms with Crippen LogP contribution in [-0.2, 0) is 9.59 Å². The second-order valence-corrected chi connectivity index (χ2v) is 7.78. The van der Waals surface area contributed by atoms with Crippen LogP contribution in [0, 0.1) is 23.7 Å². The van der Waals surface area contributed by atoms with Crippen molar-refractivity contribution in [2.45, 2.75) is 19.8 Å². The van der Waals surface area contributed by atoms with Crippen molar-refractivity contribution in [3.63, 3.8) is 0 Å². The molecule has 2 aromatic carbocycles. The third-order valence-corrected chi connectivity index (χ3v) is 6.14. The largest absolute Gasteiger partial charge is 0.493 e. The highest BCUT2D eigenvalue weighted by Gasteiger charge is 2.59. The Morgan fingerprint density at radius 3 is 2.50 bits per heavy atom. The van der Waals surface area contributed by atoms with E-state index in [-0.39, 0.29) is 35.5 Å². The zero-order valence-corrected chi connectivity index (χ0v) is 15.7. The van der Waals surface area contributed by atoms with Gasteiger partial charge in [-0.15, -0.1) is 0 Å². The zero-order valence-electron chi connectivity index (χ0n) is 15.7. The summed E-state index contributed by atoms with van der Waals surface area (Å²) in [4.78, 5) is 25.7. The monoisotopic (exact) mass is 374 g/mol. The van der Waals surface area contributed by atoms with E-state index in [4.69, 9.17) is 4.74 Å². The van der Waals surface area contributed by atoms with Crippen LogP contribution in [0.5, 0.6) is 5.75 Å². The number of carbonyl (C=O) groups excluding carboxylic acids is 2. The Kier molecular flexibility index (Phi) is 4.04. The van der Waals surface area contributed by atoms with E-state index in [9.17, 15) is 9.59 Å². The minimum atomic E-state index is -0.233. The van der Waals surface area contributed by atoms with Crippen LogP contribution in [-0.4, -0.2) is 29.6 Å². The van der Waals surface area contributed by atoms with Gasteiger partial charge in [-0.05, 0) is 41.5 Å². The van der Waals surface area contributed by atoms with E-state index in [1.807, 2.05) is 36.4 Å². The molecule has 2 aromatic rings. The Morgan fingerprint density at radius 2 is 1.79 bits per heavy atom. The standard InChI is InChI=1S/C23H22N2O3/c1-2-11-28-19-10-9-14-5-3-4-6-17(14)18(19)13-24-25-22(26)20-15-7-8-16(12-15)21(20)23(25)27/h3-10,13,15-16,20-21H,2,11-12H2,1H3/b24-13-/t15-,16-,20-,21+/m1/s1. The van der Waals surface area contributed by atoms with Gasteiger partial charge in [-0.25, -0.2) is 0 Å². The highest BCUT2D eigenvalue weighted by Crippen LogP contribution is 2.52. The number of imide groups is 1. The van der Waals surface area contributed by atoms with Gasteiger partial charge in [0.25, 0.3) is 11.8 Å². The minimum absolute atomic E-state index is 0.167. The predicted molar refractivity (Wildman–Crippen MR) is 107 cm³/mol. The van der Waals surface area contributed by atoms with Gasteiger partial charge in [0.2, 0.25) is 0 Å². The number of ether oxygens (including phenoxy) is 1. The normalized spacial score (nSPS) is 28.1. The number of hydrogen-bond donors (Lipinski definition) is 0. The van der Waals surface area contributed by atoms with Crippen LogP contribution < -0.4 is 4.74 Å². The summed E-state index contributed by atoms with van der Waals surface area (Å²) in [5.74, 6) is 0.287. The molecule has 2 amide bonds. The fourth-order valence-corrected chi connectivity index (χ4v) is 4.86. The van der Waals surface area contributed by atoms with Crippen LogP contribution in [0.1, 0.15) is 25.3 Å². The second kappa shape index (κ2) is 6.59. The van der Waals surface area contributed by atoms with Gasteiger partial charge in [-0.1, -0.05) is 49.4 Å². The number of allylic oxidation sites excluding steroid dienone is 2. The molecule has 3 aliphatic rings. The zero-order chi connectivity index (χ0) is 19.3. The first-order valence-corrected chi connectivity index (χ1v) is 9.93. The van der Waals surface area contributed by atoms with E-state index in [0.717, 1.165) is 34.2 Å². The average Bonchev–Trinajstić information content (AvgIpc) is 3.39. The molecule has 5 nitrogen and oxygen atoms in total. The number of fused-ring (bicyclic) bond motifs is 6. The summed E-state index contributed by atoms with van der Waals surface area (Å²) in [7, 11) is 0. The fourth-order valence-electron chi connectivity index (χ4n) is 4.86. The van der Waals surface area contributed by atoms with Gasteiger partial charge in [-0.3, -0.25) is 9.59 Å². The summed E-state index contributed by atoms with van der Waals surface area (Å²) in [6.07, 6.45) is 7.60. The van der Waals surface area contributed by atoms with Crippen molar-refractivity contribution in [3.05, 3.63) is 54.1 Å². The van der Waals surface area contributed by atoms with E-state index in [1.165, 1.54) is 0 Å². The summed E-state index contributed by atoms with van der Waals surface area (Å²) < 4.78 is 5.89. The van der Waals surface area contributed by atoms with E-state index in [1.54, 1.807) is 6.21 Å². The molecule has 0 radical (unpaired) electrons. The number of amides is 2. The van der Waals surface area contributed by atoms with Crippen molar-refractivity contribution in [3.8, 4) is 5.75 Å². The van der Waals surface area contributed by atoms with Crippen molar-refractivity contribution in [2.75, 3.05) is 6.61 Å². The van der Waals surface area contributed by atoms with Crippen LogP contribution in [0.15, 0.2) is 53.7 Å². The summed E-state index contributed by atoms with van der Waals surface area (Å²) in [6, 6.07) is 11.9. The summed E-state index contributed by atoms with van der Waals surface area (Å²) in [5, 5.41) is 7.49. The molecule has 1 saturated heterocycles. The molecular weight excluding hydrogens is 352 g/mol. The van der Waals surface area contributed by atoms with Crippen LogP contribution in [0.2, 0.25) is 0 Å². The van der Waals surface area contributed by atoms with Gasteiger partial charge in [0.1, 0.15) is 5.75 Å². The summed E-state index contributed by atoms with van der Waals surface area (Å²) in [5.41, 5.74) is 0.797. The number of nitrogens with zero attached hydrogens (tertiary/aromatic N) is 2. The first kappa shape index (κ1) is 17.2. The van der Waals surface area contributed by atoms with Gasteiger partial charge in [-0.2, -0.15) is 10.1 Å². The Labute approximate surface area is 163 Å². The van der Waals surface area contributed by atoms with Gasteiger partial charge in [0.15, 0.2) is 0 Å². The van der Waals surface area contributed by atoms with Crippen molar-refractivity contribution >= 4 is 28.8 Å². The lowest BCUT2D eigenvalue weighted by molar-refractivity contribution is -0.140. The molecule has 1 aliphatic heterocycles. The van der Waals surface area contributed by atoms with Crippen molar-refractivity contribution in [1.29, 1.82) is 0 Å². The highest BCUT2D eigenvalue weighted by atomic mass is 16.5. The van der Waals surface area contributed by atoms with Crippen LogP contribution in [0.3, 0.4) is 0 Å². The molecule has 2 bridgehead atoms. The topological polar surface area (TPSA) is 59.0 Å². The molecule has 28 heavy (non-hydrogen) atoms. The van der Waals surface area contributed by atoms with Gasteiger partial charge in [0.05, 0.1) is 24.7 Å². The molecule has 0 aromatic heterocycles. The molecule has 5 rings (SSSR count). The van der Waals surface area contributed by atoms with E-state index >= 15 is 0 Å². The van der Waals surface area contributed by atoms with Gasteiger partial charge < -0.3 is 4.74 Å². The van der Waals surface area contributed by atoms with Gasteiger partial charge in [0, 0.05) is 5.56 Å². The van der Waals surface area contributed by atoms with Crippen molar-refractivity contribution in [2.24, 2.45) is 28.8 Å². The quantitative estimate of drug-likeness (QED) is 0.455. The molecule has 1 heterocycles. The lowest BCUT2D eigenvalue weighted by Crippen LogP contribution is -2.28. The lowest BCUT2D eigenvalue weighted by atomic mass is 9.85. The lowest BCUT2D eigenvalue weighted by Gasteiger charge is -2.13. The van der Waals surface area contributed by atoms with Gasteiger partial charge >= 0.3 is 0 Å². The Hall–Kier alpha value is -2.95. The van der Waals surface area contributed by atoms with E-state index in [0.29, 0.717) is 12.4 Å². The maximum Gasteiger partial charge on any atom is 0.254 e. The summed E-state index contributed by atoms with van der Waals surface area (Å²) >= 11 is 0. The molecular formula is C23H22N2O3. The van der Waals surface area contributed by atoms with E-state index in [2.05, 4.69) is 24.2 Å².